The highest BCUT2D eigenvalue weighted by atomic mass is 19.1. The van der Waals surface area contributed by atoms with Crippen molar-refractivity contribution in [3.05, 3.63) is 29.7 Å². The summed E-state index contributed by atoms with van der Waals surface area (Å²) in [4.78, 5) is 31.3. The molecule has 134 valence electrons. The maximum atomic E-state index is 12.4. The molecule has 1 aliphatic rings. The van der Waals surface area contributed by atoms with Crippen LogP contribution in [0.5, 0.6) is 0 Å². The highest BCUT2D eigenvalue weighted by Gasteiger charge is 2.35. The molecule has 1 atom stereocenters. The third-order valence-corrected chi connectivity index (χ3v) is 4.40. The van der Waals surface area contributed by atoms with E-state index in [4.69, 9.17) is 5.73 Å². The number of imidazole rings is 1. The number of aromatic nitrogens is 2. The summed E-state index contributed by atoms with van der Waals surface area (Å²) in [6.07, 6.45) is 5.63. The van der Waals surface area contributed by atoms with Crippen LogP contribution in [0.3, 0.4) is 0 Å². The first-order chi connectivity index (χ1) is 11.9. The molecule has 2 aromatic heterocycles. The Kier molecular flexibility index (Phi) is 4.71. The van der Waals surface area contributed by atoms with Crippen LogP contribution in [0.15, 0.2) is 18.5 Å². The number of urea groups is 1. The normalized spacial score (nSPS) is 16.3. The van der Waals surface area contributed by atoms with Gasteiger partial charge in [-0.15, -0.1) is 0 Å². The number of aryl methyl sites for hydroxylation is 1. The topological polar surface area (TPSA) is 83.9 Å². The van der Waals surface area contributed by atoms with Gasteiger partial charge in [-0.3, -0.25) is 19.0 Å². The summed E-state index contributed by atoms with van der Waals surface area (Å²) < 4.78 is 14.2. The van der Waals surface area contributed by atoms with E-state index in [1.54, 1.807) is 0 Å². The molecule has 0 unspecified atom stereocenters. The maximum Gasteiger partial charge on any atom is 0.331 e. The van der Waals surface area contributed by atoms with Crippen LogP contribution in [0.25, 0.3) is 5.65 Å². The lowest BCUT2D eigenvalue weighted by molar-refractivity contribution is -0.123. The van der Waals surface area contributed by atoms with Gasteiger partial charge < -0.3 is 10.1 Å². The number of alkyl halides is 1. The number of nitrogens with zero attached hydrogens (tertiary/aromatic N) is 4. The summed E-state index contributed by atoms with van der Waals surface area (Å²) in [6.45, 7) is 1.47. The Morgan fingerprint density at radius 1 is 1.32 bits per heavy atom. The highest BCUT2D eigenvalue weighted by Crippen LogP contribution is 2.28. The summed E-state index contributed by atoms with van der Waals surface area (Å²) in [6, 6.07) is 1.23. The van der Waals surface area contributed by atoms with Crippen molar-refractivity contribution >= 4 is 23.3 Å². The second-order valence-corrected chi connectivity index (χ2v) is 6.39. The third kappa shape index (κ3) is 3.21. The van der Waals surface area contributed by atoms with Crippen molar-refractivity contribution in [2.45, 2.75) is 32.2 Å². The molecule has 7 nitrogen and oxygen atoms in total. The second kappa shape index (κ2) is 6.79. The molecule has 1 saturated heterocycles. The number of carbonyl (C=O) groups is 2. The predicted molar refractivity (Wildman–Crippen MR) is 92.2 cm³/mol. The number of hydrogen-bond donors (Lipinski definition) is 1. The molecule has 1 fully saturated rings. The molecule has 25 heavy (non-hydrogen) atoms. The van der Waals surface area contributed by atoms with Crippen LogP contribution in [0.4, 0.5) is 14.9 Å². The van der Waals surface area contributed by atoms with Gasteiger partial charge in [0, 0.05) is 25.5 Å². The molecule has 8 heteroatoms. The fraction of sp³-hybridized carbons (Fsp3) is 0.471. The van der Waals surface area contributed by atoms with Gasteiger partial charge in [-0.25, -0.2) is 9.78 Å². The number of hydrogen-bond acceptors (Lipinski definition) is 4. The molecule has 0 aliphatic carbocycles. The Balaban J connectivity index is 2.07. The number of unbranched alkanes of at least 4 members (excludes halogenated alkanes) is 1. The van der Waals surface area contributed by atoms with Crippen molar-refractivity contribution < 1.29 is 14.0 Å². The van der Waals surface area contributed by atoms with Crippen LogP contribution in [0.1, 0.15) is 37.1 Å². The first-order valence-corrected chi connectivity index (χ1v) is 8.33. The number of nitrogens with two attached hydrogens (primary N) is 1. The Hall–Kier alpha value is -2.48. The van der Waals surface area contributed by atoms with Crippen LogP contribution in [0.2, 0.25) is 0 Å². The lowest BCUT2D eigenvalue weighted by atomic mass is 10.1. The maximum absolute atomic E-state index is 12.4. The van der Waals surface area contributed by atoms with E-state index in [2.05, 4.69) is 4.98 Å². The number of pyridine rings is 1. The van der Waals surface area contributed by atoms with Crippen molar-refractivity contribution in [3.8, 4) is 0 Å². The summed E-state index contributed by atoms with van der Waals surface area (Å²) in [7, 11) is 1.46. The van der Waals surface area contributed by atoms with E-state index in [0.717, 1.165) is 10.5 Å². The lowest BCUT2D eigenvalue weighted by Gasteiger charge is -2.17. The van der Waals surface area contributed by atoms with Gasteiger partial charge in [0.05, 0.1) is 18.1 Å². The predicted octanol–water partition coefficient (Wildman–Crippen LogP) is 2.04. The monoisotopic (exact) mass is 347 g/mol. The third-order valence-electron chi connectivity index (χ3n) is 4.40. The number of anilines is 1. The van der Waals surface area contributed by atoms with Crippen LogP contribution >= 0.6 is 0 Å². The zero-order chi connectivity index (χ0) is 18.1. The second-order valence-electron chi connectivity index (χ2n) is 6.39. The molecule has 3 rings (SSSR count). The number of rotatable bonds is 6. The zero-order valence-electron chi connectivity index (χ0n) is 14.4. The Bertz CT molecular complexity index is 817. The highest BCUT2D eigenvalue weighted by molar-refractivity contribution is 6.13. The SMILES string of the molecule is C[C@@H](N)c1cn2cc(CCCCF)cc(N3CC(=O)N(C)C3=O)c2n1. The molecule has 2 aromatic rings. The minimum atomic E-state index is -0.377. The number of fused-ring (bicyclic) bond motifs is 1. The molecule has 3 amide bonds. The minimum Gasteiger partial charge on any atom is -0.323 e. The van der Waals surface area contributed by atoms with Crippen LogP contribution in [0, 0.1) is 0 Å². The van der Waals surface area contributed by atoms with E-state index in [-0.39, 0.29) is 31.2 Å². The average molecular weight is 347 g/mol. The van der Waals surface area contributed by atoms with Gasteiger partial charge >= 0.3 is 6.03 Å². The average Bonchev–Trinajstić information content (AvgIpc) is 3.11. The molecular formula is C17H22FN5O2. The van der Waals surface area contributed by atoms with Crippen molar-refractivity contribution in [1.82, 2.24) is 14.3 Å². The Morgan fingerprint density at radius 3 is 2.68 bits per heavy atom. The van der Waals surface area contributed by atoms with Gasteiger partial charge in [-0.05, 0) is 37.8 Å². The van der Waals surface area contributed by atoms with Crippen LogP contribution in [-0.4, -0.2) is 46.5 Å². The molecule has 0 saturated carbocycles. The fourth-order valence-electron chi connectivity index (χ4n) is 2.92. The van der Waals surface area contributed by atoms with Crippen molar-refractivity contribution in [2.24, 2.45) is 5.73 Å². The summed E-state index contributed by atoms with van der Waals surface area (Å²) >= 11 is 0. The molecule has 0 bridgehead atoms. The van der Waals surface area contributed by atoms with Gasteiger partial charge in [-0.2, -0.15) is 0 Å². The molecule has 0 radical (unpaired) electrons. The van der Waals surface area contributed by atoms with E-state index in [9.17, 15) is 14.0 Å². The Morgan fingerprint density at radius 2 is 2.08 bits per heavy atom. The van der Waals surface area contributed by atoms with Gasteiger partial charge in [0.2, 0.25) is 5.91 Å². The van der Waals surface area contributed by atoms with Crippen molar-refractivity contribution in [2.75, 3.05) is 25.2 Å². The molecule has 2 N–H and O–H groups in total. The van der Waals surface area contributed by atoms with E-state index in [1.807, 2.05) is 29.8 Å². The number of carbonyl (C=O) groups excluding carboxylic acids is 2. The van der Waals surface area contributed by atoms with Gasteiger partial charge in [0.15, 0.2) is 5.65 Å². The lowest BCUT2D eigenvalue weighted by Crippen LogP contribution is -2.30. The largest absolute Gasteiger partial charge is 0.331 e. The van der Waals surface area contributed by atoms with E-state index < -0.39 is 0 Å². The van der Waals surface area contributed by atoms with Crippen molar-refractivity contribution in [1.29, 1.82) is 0 Å². The molecule has 3 heterocycles. The smallest absolute Gasteiger partial charge is 0.323 e. The number of amides is 3. The summed E-state index contributed by atoms with van der Waals surface area (Å²) in [5, 5.41) is 0. The fourth-order valence-corrected chi connectivity index (χ4v) is 2.92. The molecule has 0 spiro atoms. The quantitative estimate of drug-likeness (QED) is 0.640. The molecule has 0 aromatic carbocycles. The number of likely N-dealkylation sites (N-methyl/N-ethyl adjacent to an activating group) is 1. The van der Waals surface area contributed by atoms with Crippen LogP contribution < -0.4 is 10.6 Å². The minimum absolute atomic E-state index is 0.0146. The number of imide groups is 1. The van der Waals surface area contributed by atoms with Gasteiger partial charge in [0.1, 0.15) is 6.54 Å². The van der Waals surface area contributed by atoms with E-state index >= 15 is 0 Å². The zero-order valence-corrected chi connectivity index (χ0v) is 14.4. The molecular weight excluding hydrogens is 325 g/mol. The standard InChI is InChI=1S/C17H22FN5O2/c1-11(19)13-9-22-8-12(5-3-4-6-18)7-14(16(22)20-13)23-10-15(24)21(2)17(23)25/h7-9,11H,3-6,10,19H2,1-2H3/t11-/m1/s1. The van der Waals surface area contributed by atoms with Gasteiger partial charge in [0.25, 0.3) is 0 Å². The van der Waals surface area contributed by atoms with Gasteiger partial charge in [-0.1, -0.05) is 0 Å². The van der Waals surface area contributed by atoms with Crippen molar-refractivity contribution in [3.63, 3.8) is 0 Å². The summed E-state index contributed by atoms with van der Waals surface area (Å²) in [5.41, 5.74) is 8.75. The first kappa shape index (κ1) is 17.3. The van der Waals surface area contributed by atoms with Crippen LogP contribution in [-0.2, 0) is 11.2 Å². The number of halogens is 1. The van der Waals surface area contributed by atoms with E-state index in [1.165, 1.54) is 11.9 Å². The first-order valence-electron chi connectivity index (χ1n) is 8.33. The molecule has 1 aliphatic heterocycles. The van der Waals surface area contributed by atoms with E-state index in [0.29, 0.717) is 36.3 Å². The summed E-state index contributed by atoms with van der Waals surface area (Å²) in [5.74, 6) is -0.259. The Labute approximate surface area is 145 Å².